The van der Waals surface area contributed by atoms with Crippen LogP contribution < -0.4 is 10.6 Å². The summed E-state index contributed by atoms with van der Waals surface area (Å²) in [5, 5.41) is 6.76. The maximum Gasteiger partial charge on any atom is 0.237 e. The molecule has 4 heteroatoms. The lowest BCUT2D eigenvalue weighted by Crippen LogP contribution is -2.54. The van der Waals surface area contributed by atoms with E-state index in [-0.39, 0.29) is 11.9 Å². The van der Waals surface area contributed by atoms with E-state index >= 15 is 0 Å². The molecule has 2 saturated heterocycles. The van der Waals surface area contributed by atoms with Crippen molar-refractivity contribution >= 4 is 5.91 Å². The number of unbranched alkanes of at least 4 members (excludes halogenated alkanes) is 1. The molecule has 2 bridgehead atoms. The van der Waals surface area contributed by atoms with Gasteiger partial charge in [-0.15, -0.1) is 0 Å². The number of rotatable bonds is 7. The highest BCUT2D eigenvalue weighted by Crippen LogP contribution is 2.30. The number of nitrogens with zero attached hydrogens (tertiary/aromatic N) is 1. The SMILES string of the molecule is CCCCNC(=O)C(C)N(CC)C1CC2CCC(C1)N2. The Morgan fingerprint density at radius 2 is 1.95 bits per heavy atom. The summed E-state index contributed by atoms with van der Waals surface area (Å²) in [6.45, 7) is 8.17. The number of hydrogen-bond acceptors (Lipinski definition) is 3. The minimum Gasteiger partial charge on any atom is -0.355 e. The summed E-state index contributed by atoms with van der Waals surface area (Å²) in [4.78, 5) is 14.7. The van der Waals surface area contributed by atoms with Gasteiger partial charge in [-0.2, -0.15) is 0 Å². The molecule has 2 aliphatic rings. The standard InChI is InChI=1S/C16H31N3O/c1-4-6-9-17-16(20)12(3)19(5-2)15-10-13-7-8-14(11-15)18-13/h12-15,18H,4-11H2,1-3H3,(H,17,20). The van der Waals surface area contributed by atoms with E-state index in [9.17, 15) is 4.79 Å². The molecule has 0 aliphatic carbocycles. The molecule has 2 rings (SSSR count). The molecule has 0 aromatic heterocycles. The normalized spacial score (nSPS) is 30.5. The molecule has 2 aliphatic heterocycles. The van der Waals surface area contributed by atoms with E-state index in [1.807, 2.05) is 0 Å². The monoisotopic (exact) mass is 281 g/mol. The first-order valence-electron chi connectivity index (χ1n) is 8.45. The molecule has 0 aromatic rings. The number of carbonyl (C=O) groups excluding carboxylic acids is 1. The number of amides is 1. The van der Waals surface area contributed by atoms with E-state index in [0.29, 0.717) is 18.1 Å². The summed E-state index contributed by atoms with van der Waals surface area (Å²) in [6, 6.07) is 1.94. The van der Waals surface area contributed by atoms with Crippen molar-refractivity contribution in [3.63, 3.8) is 0 Å². The lowest BCUT2D eigenvalue weighted by Gasteiger charge is -2.40. The predicted molar refractivity (Wildman–Crippen MR) is 82.7 cm³/mol. The van der Waals surface area contributed by atoms with Crippen LogP contribution in [0.25, 0.3) is 0 Å². The third kappa shape index (κ3) is 3.73. The molecule has 2 heterocycles. The van der Waals surface area contributed by atoms with Crippen molar-refractivity contribution in [3.8, 4) is 0 Å². The fraction of sp³-hybridized carbons (Fsp3) is 0.938. The molecule has 3 unspecified atom stereocenters. The minimum atomic E-state index is -0.000596. The van der Waals surface area contributed by atoms with Gasteiger partial charge in [-0.1, -0.05) is 20.3 Å². The summed E-state index contributed by atoms with van der Waals surface area (Å²) in [6.07, 6.45) is 7.24. The summed E-state index contributed by atoms with van der Waals surface area (Å²) < 4.78 is 0. The largest absolute Gasteiger partial charge is 0.355 e. The van der Waals surface area contributed by atoms with Gasteiger partial charge >= 0.3 is 0 Å². The summed E-state index contributed by atoms with van der Waals surface area (Å²) >= 11 is 0. The summed E-state index contributed by atoms with van der Waals surface area (Å²) in [5.74, 6) is 0.200. The molecule has 1 amide bonds. The highest BCUT2D eigenvalue weighted by atomic mass is 16.2. The molecule has 20 heavy (non-hydrogen) atoms. The number of piperidine rings is 1. The van der Waals surface area contributed by atoms with Crippen LogP contribution >= 0.6 is 0 Å². The lowest BCUT2D eigenvalue weighted by atomic mass is 9.96. The van der Waals surface area contributed by atoms with Crippen LogP contribution in [-0.2, 0) is 4.79 Å². The van der Waals surface area contributed by atoms with Gasteiger partial charge < -0.3 is 10.6 Å². The highest BCUT2D eigenvalue weighted by molar-refractivity contribution is 5.81. The predicted octanol–water partition coefficient (Wildman–Crippen LogP) is 1.90. The van der Waals surface area contributed by atoms with Gasteiger partial charge in [-0.05, 0) is 45.6 Å². The number of hydrogen-bond donors (Lipinski definition) is 2. The van der Waals surface area contributed by atoms with Gasteiger partial charge in [0.05, 0.1) is 6.04 Å². The van der Waals surface area contributed by atoms with Gasteiger partial charge in [0.15, 0.2) is 0 Å². The van der Waals surface area contributed by atoms with E-state index in [0.717, 1.165) is 25.9 Å². The van der Waals surface area contributed by atoms with Crippen LogP contribution in [0.4, 0.5) is 0 Å². The Morgan fingerprint density at radius 3 is 2.50 bits per heavy atom. The maximum absolute atomic E-state index is 12.3. The zero-order valence-corrected chi connectivity index (χ0v) is 13.3. The molecule has 4 nitrogen and oxygen atoms in total. The Morgan fingerprint density at radius 1 is 1.30 bits per heavy atom. The van der Waals surface area contributed by atoms with Crippen LogP contribution in [-0.4, -0.2) is 48.1 Å². The first-order chi connectivity index (χ1) is 9.65. The third-order valence-corrected chi connectivity index (χ3v) is 4.99. The fourth-order valence-corrected chi connectivity index (χ4v) is 3.83. The Kier molecular flexibility index (Phi) is 5.85. The van der Waals surface area contributed by atoms with Crippen molar-refractivity contribution in [2.75, 3.05) is 13.1 Å². The van der Waals surface area contributed by atoms with Crippen LogP contribution in [0.2, 0.25) is 0 Å². The van der Waals surface area contributed by atoms with Gasteiger partial charge in [-0.25, -0.2) is 0 Å². The number of fused-ring (bicyclic) bond motifs is 2. The van der Waals surface area contributed by atoms with Crippen LogP contribution in [0, 0.1) is 0 Å². The van der Waals surface area contributed by atoms with Crippen LogP contribution in [0.15, 0.2) is 0 Å². The minimum absolute atomic E-state index is 0.000596. The second-order valence-corrected chi connectivity index (χ2v) is 6.41. The summed E-state index contributed by atoms with van der Waals surface area (Å²) in [7, 11) is 0. The van der Waals surface area contributed by atoms with Gasteiger partial charge in [0, 0.05) is 24.7 Å². The molecule has 3 atom stereocenters. The quantitative estimate of drug-likeness (QED) is 0.701. The Labute approximate surface area is 123 Å². The number of likely N-dealkylation sites (N-methyl/N-ethyl adjacent to an activating group) is 1. The van der Waals surface area contributed by atoms with Crippen molar-refractivity contribution in [3.05, 3.63) is 0 Å². The Hall–Kier alpha value is -0.610. The van der Waals surface area contributed by atoms with E-state index < -0.39 is 0 Å². The average Bonchev–Trinajstić information content (AvgIpc) is 2.78. The van der Waals surface area contributed by atoms with Crippen molar-refractivity contribution in [1.29, 1.82) is 0 Å². The maximum atomic E-state index is 12.3. The summed E-state index contributed by atoms with van der Waals surface area (Å²) in [5.41, 5.74) is 0. The number of nitrogens with one attached hydrogen (secondary N) is 2. The van der Waals surface area contributed by atoms with E-state index in [1.165, 1.54) is 25.7 Å². The van der Waals surface area contributed by atoms with Crippen LogP contribution in [0.1, 0.15) is 59.3 Å². The van der Waals surface area contributed by atoms with Crippen molar-refractivity contribution in [1.82, 2.24) is 15.5 Å². The molecule has 0 spiro atoms. The van der Waals surface area contributed by atoms with E-state index in [2.05, 4.69) is 36.3 Å². The van der Waals surface area contributed by atoms with Crippen LogP contribution in [0.3, 0.4) is 0 Å². The molecule has 2 fully saturated rings. The van der Waals surface area contributed by atoms with Crippen molar-refractivity contribution < 1.29 is 4.79 Å². The molecule has 0 saturated carbocycles. The zero-order valence-electron chi connectivity index (χ0n) is 13.3. The zero-order chi connectivity index (χ0) is 14.5. The lowest BCUT2D eigenvalue weighted by molar-refractivity contribution is -0.127. The fourth-order valence-electron chi connectivity index (χ4n) is 3.83. The smallest absolute Gasteiger partial charge is 0.237 e. The third-order valence-electron chi connectivity index (χ3n) is 4.99. The second kappa shape index (κ2) is 7.41. The number of carbonyl (C=O) groups is 1. The van der Waals surface area contributed by atoms with Gasteiger partial charge in [0.25, 0.3) is 0 Å². The van der Waals surface area contributed by atoms with E-state index in [1.54, 1.807) is 0 Å². The molecular formula is C16H31N3O. The second-order valence-electron chi connectivity index (χ2n) is 6.41. The first kappa shape index (κ1) is 15.8. The average molecular weight is 281 g/mol. The molecule has 2 N–H and O–H groups in total. The van der Waals surface area contributed by atoms with Gasteiger partial charge in [0.1, 0.15) is 0 Å². The molecule has 0 aromatic carbocycles. The topological polar surface area (TPSA) is 44.4 Å². The van der Waals surface area contributed by atoms with Crippen LogP contribution in [0.5, 0.6) is 0 Å². The molecule has 116 valence electrons. The van der Waals surface area contributed by atoms with Gasteiger partial charge in [0.2, 0.25) is 5.91 Å². The molecule has 0 radical (unpaired) electrons. The van der Waals surface area contributed by atoms with Gasteiger partial charge in [-0.3, -0.25) is 9.69 Å². The first-order valence-corrected chi connectivity index (χ1v) is 8.45. The Bertz CT molecular complexity index is 309. The van der Waals surface area contributed by atoms with Crippen molar-refractivity contribution in [2.24, 2.45) is 0 Å². The molecular weight excluding hydrogens is 250 g/mol. The highest BCUT2D eigenvalue weighted by Gasteiger charge is 2.37. The van der Waals surface area contributed by atoms with E-state index in [4.69, 9.17) is 0 Å². The Balaban J connectivity index is 1.88. The van der Waals surface area contributed by atoms with Crippen molar-refractivity contribution in [2.45, 2.75) is 83.5 Å².